The largest absolute Gasteiger partial charge is 0.459 e. The third-order valence-corrected chi connectivity index (χ3v) is 4.80. The molecule has 1 aliphatic heterocycles. The van der Waals surface area contributed by atoms with Crippen molar-refractivity contribution in [2.45, 2.75) is 44.4 Å². The van der Waals surface area contributed by atoms with Crippen LogP contribution in [0, 0.1) is 0 Å². The molecular formula is C20H26N2O3. The molecule has 1 aliphatic rings. The van der Waals surface area contributed by atoms with Crippen molar-refractivity contribution < 1.29 is 14.3 Å². The number of hydrogen-bond donors (Lipinski definition) is 2. The van der Waals surface area contributed by atoms with Crippen LogP contribution in [0.4, 0.5) is 0 Å². The molecule has 1 aromatic carbocycles. The first-order chi connectivity index (χ1) is 12.1. The predicted octanol–water partition coefficient (Wildman–Crippen LogP) is 2.99. The number of likely N-dealkylation sites (tertiary alicyclic amines) is 1. The van der Waals surface area contributed by atoms with Gasteiger partial charge in [0.1, 0.15) is 0 Å². The quantitative estimate of drug-likeness (QED) is 0.847. The Bertz CT molecular complexity index is 649. The highest BCUT2D eigenvalue weighted by molar-refractivity contribution is 5.91. The van der Waals surface area contributed by atoms with Gasteiger partial charge < -0.3 is 19.7 Å². The van der Waals surface area contributed by atoms with E-state index in [1.165, 1.54) is 6.26 Å². The minimum atomic E-state index is -0.454. The lowest BCUT2D eigenvalue weighted by atomic mass is 9.99. The van der Waals surface area contributed by atoms with Gasteiger partial charge >= 0.3 is 0 Å². The lowest BCUT2D eigenvalue weighted by Crippen LogP contribution is -2.47. The molecule has 0 bridgehead atoms. The molecule has 3 rings (SSSR count). The number of furan rings is 1. The molecule has 5 heteroatoms. The average molecular weight is 342 g/mol. The number of nitrogens with zero attached hydrogens (tertiary/aromatic N) is 1. The first-order valence-corrected chi connectivity index (χ1v) is 8.95. The maximum absolute atomic E-state index is 12.3. The van der Waals surface area contributed by atoms with E-state index in [-0.39, 0.29) is 11.9 Å². The van der Waals surface area contributed by atoms with E-state index in [1.807, 2.05) is 35.2 Å². The Hall–Kier alpha value is -2.11. The lowest BCUT2D eigenvalue weighted by molar-refractivity contribution is 0.0667. The summed E-state index contributed by atoms with van der Waals surface area (Å²) in [7, 11) is 0. The number of benzene rings is 1. The fraction of sp³-hybridized carbons (Fsp3) is 0.450. The second-order valence-corrected chi connectivity index (χ2v) is 6.77. The summed E-state index contributed by atoms with van der Waals surface area (Å²) in [5.41, 5.74) is 0.954. The van der Waals surface area contributed by atoms with Crippen LogP contribution in [-0.2, 0) is 0 Å². The maximum atomic E-state index is 12.3. The van der Waals surface area contributed by atoms with E-state index in [1.54, 1.807) is 12.1 Å². The van der Waals surface area contributed by atoms with E-state index >= 15 is 0 Å². The summed E-state index contributed by atoms with van der Waals surface area (Å²) in [6.07, 6.45) is 3.58. The Kier molecular flexibility index (Phi) is 5.89. The van der Waals surface area contributed by atoms with E-state index in [2.05, 4.69) is 12.2 Å². The van der Waals surface area contributed by atoms with E-state index in [0.717, 1.165) is 31.5 Å². The molecule has 2 N–H and O–H groups in total. The van der Waals surface area contributed by atoms with Gasteiger partial charge in [-0.2, -0.15) is 0 Å². The maximum Gasteiger partial charge on any atom is 0.289 e. The monoisotopic (exact) mass is 342 g/mol. The van der Waals surface area contributed by atoms with Gasteiger partial charge in [0.05, 0.1) is 12.4 Å². The van der Waals surface area contributed by atoms with Crippen LogP contribution in [0.1, 0.15) is 48.4 Å². The van der Waals surface area contributed by atoms with Crippen molar-refractivity contribution in [3.8, 4) is 0 Å². The van der Waals surface area contributed by atoms with Crippen molar-refractivity contribution in [3.63, 3.8) is 0 Å². The minimum absolute atomic E-state index is 0.0315. The molecule has 0 radical (unpaired) electrons. The molecule has 0 saturated carbocycles. The number of aliphatic hydroxyl groups is 1. The van der Waals surface area contributed by atoms with Crippen molar-refractivity contribution in [2.24, 2.45) is 0 Å². The number of carbonyl (C=O) groups is 1. The van der Waals surface area contributed by atoms with Crippen LogP contribution in [0.2, 0.25) is 0 Å². The summed E-state index contributed by atoms with van der Waals surface area (Å²) in [6, 6.07) is 13.8. The summed E-state index contributed by atoms with van der Waals surface area (Å²) < 4.78 is 5.19. The zero-order valence-corrected chi connectivity index (χ0v) is 14.6. The first-order valence-electron chi connectivity index (χ1n) is 8.95. The highest BCUT2D eigenvalue weighted by Crippen LogP contribution is 2.20. The normalized spacial score (nSPS) is 18.1. The molecule has 2 unspecified atom stereocenters. The molecule has 1 aromatic heterocycles. The molecular weight excluding hydrogens is 316 g/mol. The molecule has 1 amide bonds. The molecule has 1 fully saturated rings. The third kappa shape index (κ3) is 4.71. The Morgan fingerprint density at radius 1 is 1.24 bits per heavy atom. The predicted molar refractivity (Wildman–Crippen MR) is 96.3 cm³/mol. The molecule has 25 heavy (non-hydrogen) atoms. The SMILES string of the molecule is CC(CC(O)c1ccccc1)NC1CCN(C(=O)c2ccco2)CC1. The number of aliphatic hydroxyl groups excluding tert-OH is 1. The molecule has 134 valence electrons. The zero-order valence-electron chi connectivity index (χ0n) is 14.6. The van der Waals surface area contributed by atoms with E-state index < -0.39 is 6.10 Å². The summed E-state index contributed by atoms with van der Waals surface area (Å²) in [5, 5.41) is 13.9. The molecule has 5 nitrogen and oxygen atoms in total. The Labute approximate surface area is 148 Å². The van der Waals surface area contributed by atoms with E-state index in [0.29, 0.717) is 18.2 Å². The molecule has 2 aromatic rings. The van der Waals surface area contributed by atoms with Gasteiger partial charge in [-0.25, -0.2) is 0 Å². The Morgan fingerprint density at radius 3 is 2.60 bits per heavy atom. The molecule has 2 heterocycles. The van der Waals surface area contributed by atoms with Crippen LogP contribution < -0.4 is 5.32 Å². The van der Waals surface area contributed by atoms with Crippen molar-refractivity contribution in [1.82, 2.24) is 10.2 Å². The fourth-order valence-corrected chi connectivity index (χ4v) is 3.42. The number of carbonyl (C=O) groups excluding carboxylic acids is 1. The van der Waals surface area contributed by atoms with Crippen LogP contribution in [0.3, 0.4) is 0 Å². The fourth-order valence-electron chi connectivity index (χ4n) is 3.42. The Morgan fingerprint density at radius 2 is 1.96 bits per heavy atom. The summed E-state index contributed by atoms with van der Waals surface area (Å²) in [4.78, 5) is 14.1. The van der Waals surface area contributed by atoms with Crippen LogP contribution in [0.5, 0.6) is 0 Å². The molecule has 0 aliphatic carbocycles. The van der Waals surface area contributed by atoms with Gasteiger partial charge in [0.25, 0.3) is 5.91 Å². The molecule has 1 saturated heterocycles. The van der Waals surface area contributed by atoms with Crippen molar-refractivity contribution in [1.29, 1.82) is 0 Å². The Balaban J connectivity index is 1.43. The van der Waals surface area contributed by atoms with Crippen LogP contribution in [0.15, 0.2) is 53.1 Å². The number of rotatable bonds is 6. The summed E-state index contributed by atoms with van der Waals surface area (Å²) in [5.74, 6) is 0.377. The topological polar surface area (TPSA) is 65.7 Å². The van der Waals surface area contributed by atoms with E-state index in [4.69, 9.17) is 4.42 Å². The third-order valence-electron chi connectivity index (χ3n) is 4.80. The van der Waals surface area contributed by atoms with Gasteiger partial charge in [-0.15, -0.1) is 0 Å². The second kappa shape index (κ2) is 8.32. The summed E-state index contributed by atoms with van der Waals surface area (Å²) >= 11 is 0. The molecule has 2 atom stereocenters. The van der Waals surface area contributed by atoms with Crippen molar-refractivity contribution in [2.75, 3.05) is 13.1 Å². The minimum Gasteiger partial charge on any atom is -0.459 e. The van der Waals surface area contributed by atoms with Gasteiger partial charge in [0.15, 0.2) is 5.76 Å². The zero-order chi connectivity index (χ0) is 17.6. The van der Waals surface area contributed by atoms with E-state index in [9.17, 15) is 9.90 Å². The van der Waals surface area contributed by atoms with Gasteiger partial charge in [-0.1, -0.05) is 30.3 Å². The number of amides is 1. The highest BCUT2D eigenvalue weighted by Gasteiger charge is 2.26. The van der Waals surface area contributed by atoms with Crippen molar-refractivity contribution >= 4 is 5.91 Å². The summed E-state index contributed by atoms with van der Waals surface area (Å²) in [6.45, 7) is 3.56. The lowest BCUT2D eigenvalue weighted by Gasteiger charge is -2.34. The first kappa shape index (κ1) is 17.7. The van der Waals surface area contributed by atoms with Gasteiger partial charge in [0, 0.05) is 25.2 Å². The highest BCUT2D eigenvalue weighted by atomic mass is 16.3. The van der Waals surface area contributed by atoms with Crippen molar-refractivity contribution in [3.05, 3.63) is 60.1 Å². The van der Waals surface area contributed by atoms with Crippen LogP contribution in [0.25, 0.3) is 0 Å². The van der Waals surface area contributed by atoms with Gasteiger partial charge in [-0.05, 0) is 43.9 Å². The smallest absolute Gasteiger partial charge is 0.289 e. The number of nitrogens with one attached hydrogen (secondary N) is 1. The van der Waals surface area contributed by atoms with Crippen LogP contribution in [-0.4, -0.2) is 41.1 Å². The van der Waals surface area contributed by atoms with Crippen LogP contribution >= 0.6 is 0 Å². The molecule has 0 spiro atoms. The average Bonchev–Trinajstić information content (AvgIpc) is 3.17. The standard InChI is InChI=1S/C20H26N2O3/c1-15(14-18(23)16-6-3-2-4-7-16)21-17-9-11-22(12-10-17)20(24)19-8-5-13-25-19/h2-8,13,15,17-18,21,23H,9-12,14H2,1H3. The van der Waals surface area contributed by atoms with Gasteiger partial charge in [0.2, 0.25) is 0 Å². The number of piperidine rings is 1. The van der Waals surface area contributed by atoms with Gasteiger partial charge in [-0.3, -0.25) is 4.79 Å². The second-order valence-electron chi connectivity index (χ2n) is 6.77. The number of hydrogen-bond acceptors (Lipinski definition) is 4.